The first-order valence-electron chi connectivity index (χ1n) is 6.51. The molecular weight excluding hydrogens is 278 g/mol. The fourth-order valence-electron chi connectivity index (χ4n) is 2.36. The van der Waals surface area contributed by atoms with Crippen molar-refractivity contribution in [3.8, 4) is 0 Å². The van der Waals surface area contributed by atoms with E-state index in [1.54, 1.807) is 11.9 Å². The summed E-state index contributed by atoms with van der Waals surface area (Å²) in [5.74, 6) is 5.50. The Morgan fingerprint density at radius 2 is 2.19 bits per heavy atom. The molecule has 4 N–H and O–H groups in total. The van der Waals surface area contributed by atoms with Crippen molar-refractivity contribution in [2.75, 3.05) is 30.5 Å². The number of hydrogen-bond acceptors (Lipinski definition) is 8. The largest absolute Gasteiger partial charge is 0.359 e. The minimum Gasteiger partial charge on any atom is -0.359 e. The number of nitrogens with one attached hydrogen (secondary N) is 2. The minimum atomic E-state index is -0.527. The van der Waals surface area contributed by atoms with Crippen LogP contribution >= 0.6 is 0 Å². The summed E-state index contributed by atoms with van der Waals surface area (Å²) < 4.78 is 0. The molecule has 21 heavy (non-hydrogen) atoms. The standard InChI is InChI=1S/C11H17N7O3/c1-13-10(19)7-2-4-17(5-3-7)9-8(18(20)21)6-14-11(15-9)16-12/h6-7H,2-5,12H2,1H3,(H,13,19)(H,14,15,16). The van der Waals surface area contributed by atoms with Crippen molar-refractivity contribution in [2.24, 2.45) is 11.8 Å². The number of piperidine rings is 1. The van der Waals surface area contributed by atoms with E-state index in [0.29, 0.717) is 25.9 Å². The molecule has 1 aliphatic rings. The van der Waals surface area contributed by atoms with Gasteiger partial charge < -0.3 is 10.2 Å². The lowest BCUT2D eigenvalue weighted by Crippen LogP contribution is -2.40. The summed E-state index contributed by atoms with van der Waals surface area (Å²) >= 11 is 0. The molecule has 10 nitrogen and oxygen atoms in total. The third-order valence-corrected chi connectivity index (χ3v) is 3.49. The van der Waals surface area contributed by atoms with Gasteiger partial charge in [0.15, 0.2) is 0 Å². The molecule has 1 fully saturated rings. The number of amides is 1. The van der Waals surface area contributed by atoms with Crippen molar-refractivity contribution in [3.63, 3.8) is 0 Å². The zero-order valence-electron chi connectivity index (χ0n) is 11.6. The molecule has 1 amide bonds. The molecule has 0 atom stereocenters. The molecule has 0 unspecified atom stereocenters. The van der Waals surface area contributed by atoms with Crippen molar-refractivity contribution in [1.29, 1.82) is 0 Å². The van der Waals surface area contributed by atoms with Crippen LogP contribution in [0.2, 0.25) is 0 Å². The number of carbonyl (C=O) groups excluding carboxylic acids is 1. The Morgan fingerprint density at radius 1 is 1.52 bits per heavy atom. The Hall–Kier alpha value is -2.49. The second-order valence-corrected chi connectivity index (χ2v) is 4.68. The van der Waals surface area contributed by atoms with Gasteiger partial charge in [-0.25, -0.2) is 10.8 Å². The third kappa shape index (κ3) is 3.16. The zero-order valence-corrected chi connectivity index (χ0v) is 11.6. The van der Waals surface area contributed by atoms with Crippen molar-refractivity contribution in [2.45, 2.75) is 12.8 Å². The van der Waals surface area contributed by atoms with Crippen molar-refractivity contribution < 1.29 is 9.72 Å². The van der Waals surface area contributed by atoms with Gasteiger partial charge in [-0.2, -0.15) is 4.98 Å². The number of nitro groups is 1. The second kappa shape index (κ2) is 6.31. The van der Waals surface area contributed by atoms with E-state index in [4.69, 9.17) is 5.84 Å². The van der Waals surface area contributed by atoms with Crippen LogP contribution in [-0.2, 0) is 4.79 Å². The van der Waals surface area contributed by atoms with Crippen molar-refractivity contribution in [3.05, 3.63) is 16.3 Å². The Labute approximate surface area is 120 Å². The molecule has 114 valence electrons. The average molecular weight is 295 g/mol. The van der Waals surface area contributed by atoms with E-state index in [2.05, 4.69) is 20.7 Å². The van der Waals surface area contributed by atoms with Gasteiger partial charge in [0.25, 0.3) is 0 Å². The number of nitrogens with two attached hydrogens (primary N) is 1. The van der Waals surface area contributed by atoms with E-state index in [1.807, 2.05) is 0 Å². The molecule has 0 bridgehead atoms. The summed E-state index contributed by atoms with van der Waals surface area (Å²) in [5, 5.41) is 13.7. The van der Waals surface area contributed by atoms with E-state index in [9.17, 15) is 14.9 Å². The molecule has 0 saturated carbocycles. The van der Waals surface area contributed by atoms with Gasteiger partial charge in [0.1, 0.15) is 6.20 Å². The summed E-state index contributed by atoms with van der Waals surface area (Å²) in [7, 11) is 1.60. The number of aromatic nitrogens is 2. The fourth-order valence-corrected chi connectivity index (χ4v) is 2.36. The van der Waals surface area contributed by atoms with Crippen LogP contribution in [0.25, 0.3) is 0 Å². The highest BCUT2D eigenvalue weighted by Gasteiger charge is 2.29. The molecule has 2 rings (SSSR count). The van der Waals surface area contributed by atoms with Crippen LogP contribution < -0.4 is 21.5 Å². The van der Waals surface area contributed by atoms with Crippen LogP contribution in [0.5, 0.6) is 0 Å². The second-order valence-electron chi connectivity index (χ2n) is 4.68. The normalized spacial score (nSPS) is 15.6. The predicted molar refractivity (Wildman–Crippen MR) is 75.5 cm³/mol. The van der Waals surface area contributed by atoms with E-state index in [1.165, 1.54) is 0 Å². The van der Waals surface area contributed by atoms with E-state index in [0.717, 1.165) is 6.20 Å². The molecule has 0 aliphatic carbocycles. The molecule has 0 spiro atoms. The van der Waals surface area contributed by atoms with Gasteiger partial charge in [-0.05, 0) is 12.8 Å². The van der Waals surface area contributed by atoms with Gasteiger partial charge in [0, 0.05) is 26.1 Å². The highest BCUT2D eigenvalue weighted by molar-refractivity contribution is 5.78. The SMILES string of the molecule is CNC(=O)C1CCN(c2nc(NN)ncc2[N+](=O)[O-])CC1. The summed E-state index contributed by atoms with van der Waals surface area (Å²) in [6.45, 7) is 1.03. The quantitative estimate of drug-likeness (QED) is 0.388. The Kier molecular flexibility index (Phi) is 4.48. The topological polar surface area (TPSA) is 139 Å². The number of anilines is 2. The van der Waals surface area contributed by atoms with Crippen LogP contribution in [0, 0.1) is 16.0 Å². The number of nitrogen functional groups attached to an aromatic ring is 1. The zero-order chi connectivity index (χ0) is 15.4. The Bertz CT molecular complexity index is 543. The van der Waals surface area contributed by atoms with E-state index < -0.39 is 4.92 Å². The number of rotatable bonds is 4. The molecule has 0 radical (unpaired) electrons. The summed E-state index contributed by atoms with van der Waals surface area (Å²) in [4.78, 5) is 31.7. The molecule has 1 saturated heterocycles. The molecule has 1 aromatic heterocycles. The Balaban J connectivity index is 2.19. The van der Waals surface area contributed by atoms with Gasteiger partial charge in [-0.1, -0.05) is 0 Å². The van der Waals surface area contributed by atoms with Gasteiger partial charge in [-0.3, -0.25) is 20.3 Å². The maximum absolute atomic E-state index is 11.6. The summed E-state index contributed by atoms with van der Waals surface area (Å²) in [5.41, 5.74) is 2.10. The highest BCUT2D eigenvalue weighted by atomic mass is 16.6. The first-order valence-corrected chi connectivity index (χ1v) is 6.51. The van der Waals surface area contributed by atoms with Crippen molar-refractivity contribution >= 4 is 23.4 Å². The minimum absolute atomic E-state index is 0.00356. The van der Waals surface area contributed by atoms with Gasteiger partial charge in [0.05, 0.1) is 4.92 Å². The smallest absolute Gasteiger partial charge is 0.329 e. The maximum atomic E-state index is 11.6. The lowest BCUT2D eigenvalue weighted by Gasteiger charge is -2.31. The van der Waals surface area contributed by atoms with E-state index >= 15 is 0 Å². The first kappa shape index (κ1) is 14.9. The maximum Gasteiger partial charge on any atom is 0.329 e. The number of hydrazine groups is 1. The lowest BCUT2D eigenvalue weighted by atomic mass is 9.96. The number of hydrogen-bond donors (Lipinski definition) is 3. The van der Waals surface area contributed by atoms with Crippen molar-refractivity contribution in [1.82, 2.24) is 15.3 Å². The fraction of sp³-hybridized carbons (Fsp3) is 0.545. The van der Waals surface area contributed by atoms with Crippen LogP contribution in [0.3, 0.4) is 0 Å². The summed E-state index contributed by atoms with van der Waals surface area (Å²) in [6.07, 6.45) is 2.36. The average Bonchev–Trinajstić information content (AvgIpc) is 2.53. The summed E-state index contributed by atoms with van der Waals surface area (Å²) in [6, 6.07) is 0. The highest BCUT2D eigenvalue weighted by Crippen LogP contribution is 2.29. The first-order chi connectivity index (χ1) is 10.1. The monoisotopic (exact) mass is 295 g/mol. The van der Waals surface area contributed by atoms with Gasteiger partial charge in [0.2, 0.25) is 17.7 Å². The molecule has 0 aromatic carbocycles. The van der Waals surface area contributed by atoms with Crippen LogP contribution in [0.1, 0.15) is 12.8 Å². The lowest BCUT2D eigenvalue weighted by molar-refractivity contribution is -0.384. The van der Waals surface area contributed by atoms with Crippen LogP contribution in [0.15, 0.2) is 6.20 Å². The van der Waals surface area contributed by atoms with Gasteiger partial charge >= 0.3 is 5.69 Å². The Morgan fingerprint density at radius 3 is 2.71 bits per heavy atom. The molecule has 1 aliphatic heterocycles. The van der Waals surface area contributed by atoms with Gasteiger partial charge in [-0.15, -0.1) is 0 Å². The predicted octanol–water partition coefficient (Wildman–Crippen LogP) is -0.367. The molecule has 1 aromatic rings. The molecular formula is C11H17N7O3. The molecule has 10 heteroatoms. The number of carbonyl (C=O) groups is 1. The number of nitrogens with zero attached hydrogens (tertiary/aromatic N) is 4. The van der Waals surface area contributed by atoms with E-state index in [-0.39, 0.29) is 29.3 Å². The van der Waals surface area contributed by atoms with Crippen LogP contribution in [0.4, 0.5) is 17.5 Å². The van der Waals surface area contributed by atoms with Crippen LogP contribution in [-0.4, -0.2) is 40.9 Å². The third-order valence-electron chi connectivity index (χ3n) is 3.49. The molecule has 2 heterocycles.